The van der Waals surface area contributed by atoms with E-state index in [1.54, 1.807) is 7.11 Å². The highest BCUT2D eigenvalue weighted by Crippen LogP contribution is 2.20. The number of benzene rings is 1. The maximum absolute atomic E-state index is 11.2. The van der Waals surface area contributed by atoms with Crippen molar-refractivity contribution in [3.63, 3.8) is 0 Å². The third kappa shape index (κ3) is 2.84. The predicted octanol–water partition coefficient (Wildman–Crippen LogP) is 1.97. The van der Waals surface area contributed by atoms with Gasteiger partial charge in [0, 0.05) is 12.0 Å². The van der Waals surface area contributed by atoms with E-state index in [0.29, 0.717) is 12.0 Å². The summed E-state index contributed by atoms with van der Waals surface area (Å²) >= 11 is 0. The van der Waals surface area contributed by atoms with E-state index < -0.39 is 0 Å². The van der Waals surface area contributed by atoms with E-state index in [2.05, 4.69) is 11.3 Å². The zero-order valence-electron chi connectivity index (χ0n) is 8.95. The highest BCUT2D eigenvalue weighted by Gasteiger charge is 2.10. The van der Waals surface area contributed by atoms with Crippen molar-refractivity contribution >= 4 is 5.97 Å². The van der Waals surface area contributed by atoms with Gasteiger partial charge in [-0.3, -0.25) is 0 Å². The summed E-state index contributed by atoms with van der Waals surface area (Å²) in [5, 5.41) is 0. The molecule has 0 saturated heterocycles. The van der Waals surface area contributed by atoms with Crippen molar-refractivity contribution in [3.8, 4) is 5.75 Å². The van der Waals surface area contributed by atoms with E-state index in [0.717, 1.165) is 11.3 Å². The molecule has 0 heterocycles. The first-order valence-corrected chi connectivity index (χ1v) is 4.57. The van der Waals surface area contributed by atoms with Crippen LogP contribution in [0.1, 0.15) is 5.56 Å². The Labute approximate surface area is 89.3 Å². The number of carbonyl (C=O) groups excluding carboxylic acids is 1. The number of hydrogen-bond acceptors (Lipinski definition) is 3. The number of para-hydroxylation sites is 1. The number of methoxy groups -OCH3 is 2. The van der Waals surface area contributed by atoms with Crippen LogP contribution in [0.5, 0.6) is 5.75 Å². The Kier molecular flexibility index (Phi) is 3.92. The summed E-state index contributed by atoms with van der Waals surface area (Å²) in [5.41, 5.74) is 1.34. The molecule has 0 aliphatic heterocycles. The van der Waals surface area contributed by atoms with Crippen molar-refractivity contribution in [3.05, 3.63) is 42.0 Å². The molecule has 1 aromatic rings. The van der Waals surface area contributed by atoms with Gasteiger partial charge >= 0.3 is 5.97 Å². The van der Waals surface area contributed by atoms with E-state index in [1.165, 1.54) is 7.11 Å². The molecule has 0 unspecified atom stereocenters. The minimum Gasteiger partial charge on any atom is -0.496 e. The molecule has 0 aliphatic carbocycles. The molecule has 0 saturated carbocycles. The lowest BCUT2D eigenvalue weighted by Gasteiger charge is -2.08. The average molecular weight is 206 g/mol. The molecule has 1 aromatic carbocycles. The Balaban J connectivity index is 2.80. The molecule has 0 aromatic heterocycles. The highest BCUT2D eigenvalue weighted by atomic mass is 16.5. The zero-order valence-corrected chi connectivity index (χ0v) is 8.95. The van der Waals surface area contributed by atoms with Crippen LogP contribution < -0.4 is 4.74 Å². The Bertz CT molecular complexity index is 369. The van der Waals surface area contributed by atoms with E-state index in [9.17, 15) is 4.79 Å². The van der Waals surface area contributed by atoms with Gasteiger partial charge in [-0.2, -0.15) is 0 Å². The molecule has 80 valence electrons. The fourth-order valence-electron chi connectivity index (χ4n) is 1.30. The first-order chi connectivity index (χ1) is 7.19. The molecular weight excluding hydrogens is 192 g/mol. The summed E-state index contributed by atoms with van der Waals surface area (Å²) in [5.74, 6) is 0.364. The maximum Gasteiger partial charge on any atom is 0.333 e. The SMILES string of the molecule is C=C(Cc1ccccc1OC)C(=O)OC. The second-order valence-electron chi connectivity index (χ2n) is 3.08. The average Bonchev–Trinajstić information content (AvgIpc) is 2.28. The van der Waals surface area contributed by atoms with Crippen LogP contribution in [0.3, 0.4) is 0 Å². The molecule has 0 fully saturated rings. The summed E-state index contributed by atoms with van der Waals surface area (Å²) in [4.78, 5) is 11.2. The molecule has 0 bridgehead atoms. The monoisotopic (exact) mass is 206 g/mol. The lowest BCUT2D eigenvalue weighted by Crippen LogP contribution is -2.06. The molecule has 1 rings (SSSR count). The van der Waals surface area contributed by atoms with Gasteiger partial charge in [0.15, 0.2) is 0 Å². The minimum atomic E-state index is -0.388. The topological polar surface area (TPSA) is 35.5 Å². The third-order valence-electron chi connectivity index (χ3n) is 2.07. The predicted molar refractivity (Wildman–Crippen MR) is 57.9 cm³/mol. The van der Waals surface area contributed by atoms with Crippen molar-refractivity contribution in [2.45, 2.75) is 6.42 Å². The van der Waals surface area contributed by atoms with E-state index >= 15 is 0 Å². The van der Waals surface area contributed by atoms with Gasteiger partial charge in [-0.15, -0.1) is 0 Å². The molecule has 0 N–H and O–H groups in total. The number of rotatable bonds is 4. The van der Waals surface area contributed by atoms with Gasteiger partial charge in [-0.05, 0) is 11.6 Å². The lowest BCUT2D eigenvalue weighted by atomic mass is 10.1. The molecule has 0 spiro atoms. The Hall–Kier alpha value is -1.77. The number of carbonyl (C=O) groups is 1. The van der Waals surface area contributed by atoms with Crippen LogP contribution in [0.4, 0.5) is 0 Å². The van der Waals surface area contributed by atoms with Gasteiger partial charge in [-0.1, -0.05) is 24.8 Å². The smallest absolute Gasteiger partial charge is 0.333 e. The van der Waals surface area contributed by atoms with Crippen LogP contribution in [0, 0.1) is 0 Å². The quantitative estimate of drug-likeness (QED) is 0.558. The van der Waals surface area contributed by atoms with E-state index in [4.69, 9.17) is 4.74 Å². The second kappa shape index (κ2) is 5.20. The fourth-order valence-corrected chi connectivity index (χ4v) is 1.30. The summed E-state index contributed by atoms with van der Waals surface area (Å²) in [6.07, 6.45) is 0.441. The van der Waals surface area contributed by atoms with Gasteiger partial charge < -0.3 is 9.47 Å². The number of esters is 1. The van der Waals surface area contributed by atoms with Crippen LogP contribution in [0.15, 0.2) is 36.4 Å². The van der Waals surface area contributed by atoms with E-state index in [-0.39, 0.29) is 5.97 Å². The first-order valence-electron chi connectivity index (χ1n) is 4.57. The first kappa shape index (κ1) is 11.3. The van der Waals surface area contributed by atoms with Gasteiger partial charge in [0.1, 0.15) is 5.75 Å². The zero-order chi connectivity index (χ0) is 11.3. The van der Waals surface area contributed by atoms with Gasteiger partial charge in [0.2, 0.25) is 0 Å². The Morgan fingerprint density at radius 3 is 2.60 bits per heavy atom. The minimum absolute atomic E-state index is 0.388. The van der Waals surface area contributed by atoms with Crippen LogP contribution in [0.25, 0.3) is 0 Å². The normalized spacial score (nSPS) is 9.47. The molecule has 0 atom stereocenters. The van der Waals surface area contributed by atoms with Crippen LogP contribution in [-0.2, 0) is 16.0 Å². The molecule has 0 amide bonds. The fraction of sp³-hybridized carbons (Fsp3) is 0.250. The number of ether oxygens (including phenoxy) is 2. The molecule has 0 radical (unpaired) electrons. The number of hydrogen-bond donors (Lipinski definition) is 0. The summed E-state index contributed by atoms with van der Waals surface area (Å²) < 4.78 is 9.74. The summed E-state index contributed by atoms with van der Waals surface area (Å²) in [6, 6.07) is 7.51. The molecule has 15 heavy (non-hydrogen) atoms. The van der Waals surface area contributed by atoms with Crippen molar-refractivity contribution < 1.29 is 14.3 Å². The highest BCUT2D eigenvalue weighted by molar-refractivity contribution is 5.88. The largest absolute Gasteiger partial charge is 0.496 e. The van der Waals surface area contributed by atoms with Gasteiger partial charge in [0.25, 0.3) is 0 Å². The van der Waals surface area contributed by atoms with Gasteiger partial charge in [-0.25, -0.2) is 4.79 Å². The Morgan fingerprint density at radius 2 is 2.00 bits per heavy atom. The molecular formula is C12H14O3. The van der Waals surface area contributed by atoms with Crippen molar-refractivity contribution in [1.29, 1.82) is 0 Å². The Morgan fingerprint density at radius 1 is 1.33 bits per heavy atom. The van der Waals surface area contributed by atoms with Crippen molar-refractivity contribution in [2.75, 3.05) is 14.2 Å². The maximum atomic E-state index is 11.2. The molecule has 3 nitrogen and oxygen atoms in total. The summed E-state index contributed by atoms with van der Waals surface area (Å²) in [7, 11) is 2.94. The van der Waals surface area contributed by atoms with Crippen molar-refractivity contribution in [1.82, 2.24) is 0 Å². The lowest BCUT2D eigenvalue weighted by molar-refractivity contribution is -0.136. The second-order valence-corrected chi connectivity index (χ2v) is 3.08. The van der Waals surface area contributed by atoms with Gasteiger partial charge in [0.05, 0.1) is 14.2 Å². The van der Waals surface area contributed by atoms with E-state index in [1.807, 2.05) is 24.3 Å². The van der Waals surface area contributed by atoms with Crippen LogP contribution in [0.2, 0.25) is 0 Å². The standard InChI is InChI=1S/C12H14O3/c1-9(12(13)15-3)8-10-6-4-5-7-11(10)14-2/h4-7H,1,8H2,2-3H3. The summed E-state index contributed by atoms with van der Waals surface area (Å²) in [6.45, 7) is 3.67. The van der Waals surface area contributed by atoms with Crippen molar-refractivity contribution in [2.24, 2.45) is 0 Å². The van der Waals surface area contributed by atoms with Crippen LogP contribution >= 0.6 is 0 Å². The molecule has 0 aliphatic rings. The molecule has 3 heteroatoms. The third-order valence-corrected chi connectivity index (χ3v) is 2.07. The van der Waals surface area contributed by atoms with Crippen LogP contribution in [-0.4, -0.2) is 20.2 Å².